The van der Waals surface area contributed by atoms with Gasteiger partial charge in [-0.3, -0.25) is 10.2 Å². The van der Waals surface area contributed by atoms with E-state index in [1.165, 1.54) is 0 Å². The average Bonchev–Trinajstić information content (AvgIpc) is 3.53. The van der Waals surface area contributed by atoms with Gasteiger partial charge in [0.2, 0.25) is 0 Å². The van der Waals surface area contributed by atoms with Crippen molar-refractivity contribution in [2.75, 3.05) is 26.1 Å². The van der Waals surface area contributed by atoms with Crippen LogP contribution < -0.4 is 5.43 Å². The van der Waals surface area contributed by atoms with E-state index in [0.29, 0.717) is 17.9 Å². The highest BCUT2D eigenvalue weighted by Crippen LogP contribution is 2.35. The molecule has 5 heterocycles. The van der Waals surface area contributed by atoms with Crippen LogP contribution in [0.4, 0.5) is 5.82 Å². The van der Waals surface area contributed by atoms with Gasteiger partial charge < -0.3 is 9.47 Å². The second-order valence-electron chi connectivity index (χ2n) is 9.37. The zero-order valence-electron chi connectivity index (χ0n) is 20.5. The number of aromatic nitrogens is 4. The fraction of sp³-hybridized carbons (Fsp3) is 0.222. The highest BCUT2D eigenvalue weighted by Gasteiger charge is 2.30. The lowest BCUT2D eigenvalue weighted by Crippen LogP contribution is -2.30. The second-order valence-corrected chi connectivity index (χ2v) is 9.37. The Kier molecular flexibility index (Phi) is 6.15. The third-order valence-electron chi connectivity index (χ3n) is 6.62. The number of benzene rings is 1. The number of likely N-dealkylation sites (N-methyl/N-ethyl adjacent to an activating group) is 1. The third-order valence-corrected chi connectivity index (χ3v) is 6.62. The van der Waals surface area contributed by atoms with Crippen LogP contribution in [0.2, 0.25) is 0 Å². The SMILES string of the molecule is Cc1ccc2c(-c3cccc4c3CN(Nc3cc5ccn(CCN(C)C)c5cn3)C4=O)cnn2c1.Cl. The van der Waals surface area contributed by atoms with Crippen LogP contribution in [-0.2, 0) is 13.1 Å². The maximum absolute atomic E-state index is 13.3. The molecule has 0 atom stereocenters. The fourth-order valence-electron chi connectivity index (χ4n) is 4.76. The molecule has 1 aliphatic rings. The van der Waals surface area contributed by atoms with Crippen molar-refractivity contribution in [3.63, 3.8) is 0 Å². The summed E-state index contributed by atoms with van der Waals surface area (Å²) in [6.45, 7) is 4.36. The van der Waals surface area contributed by atoms with Crippen molar-refractivity contribution in [1.29, 1.82) is 0 Å². The van der Waals surface area contributed by atoms with Crippen LogP contribution in [0.5, 0.6) is 0 Å². The van der Waals surface area contributed by atoms with Gasteiger partial charge in [-0.1, -0.05) is 18.2 Å². The van der Waals surface area contributed by atoms with Gasteiger partial charge in [-0.15, -0.1) is 12.4 Å². The van der Waals surface area contributed by atoms with Crippen molar-refractivity contribution in [2.45, 2.75) is 20.0 Å². The molecule has 36 heavy (non-hydrogen) atoms. The number of nitrogens with zero attached hydrogens (tertiary/aromatic N) is 6. The van der Waals surface area contributed by atoms with Gasteiger partial charge in [0.15, 0.2) is 0 Å². The van der Waals surface area contributed by atoms with E-state index in [9.17, 15) is 4.79 Å². The first-order chi connectivity index (χ1) is 17.0. The molecule has 0 fully saturated rings. The van der Waals surface area contributed by atoms with Gasteiger partial charge in [0.25, 0.3) is 5.91 Å². The van der Waals surface area contributed by atoms with E-state index in [0.717, 1.165) is 51.8 Å². The summed E-state index contributed by atoms with van der Waals surface area (Å²) in [6, 6.07) is 14.1. The minimum absolute atomic E-state index is 0. The van der Waals surface area contributed by atoms with Gasteiger partial charge in [0, 0.05) is 42.0 Å². The Morgan fingerprint density at radius 2 is 1.86 bits per heavy atom. The summed E-state index contributed by atoms with van der Waals surface area (Å²) >= 11 is 0. The quantitative estimate of drug-likeness (QED) is 0.367. The number of pyridine rings is 2. The summed E-state index contributed by atoms with van der Waals surface area (Å²) in [5.74, 6) is 0.594. The molecule has 0 unspecified atom stereocenters. The number of amides is 1. The van der Waals surface area contributed by atoms with E-state index in [2.05, 4.69) is 69.5 Å². The van der Waals surface area contributed by atoms with Crippen LogP contribution in [-0.4, -0.2) is 55.6 Å². The first-order valence-corrected chi connectivity index (χ1v) is 11.7. The van der Waals surface area contributed by atoms with E-state index in [1.54, 1.807) is 5.01 Å². The Labute approximate surface area is 215 Å². The zero-order chi connectivity index (χ0) is 24.1. The number of rotatable bonds is 6. The van der Waals surface area contributed by atoms with Crippen molar-refractivity contribution in [3.05, 3.63) is 83.9 Å². The summed E-state index contributed by atoms with van der Waals surface area (Å²) in [5.41, 5.74) is 10.2. The predicted molar refractivity (Wildman–Crippen MR) is 144 cm³/mol. The molecule has 5 aromatic rings. The Balaban J connectivity index is 0.00000267. The molecule has 0 aliphatic carbocycles. The molecule has 184 valence electrons. The minimum atomic E-state index is -0.0559. The van der Waals surface area contributed by atoms with E-state index in [4.69, 9.17) is 0 Å². The molecule has 0 saturated heterocycles. The van der Waals surface area contributed by atoms with Gasteiger partial charge in [-0.05, 0) is 62.0 Å². The lowest BCUT2D eigenvalue weighted by Gasteiger charge is -2.18. The Bertz CT molecular complexity index is 1590. The number of fused-ring (bicyclic) bond motifs is 3. The summed E-state index contributed by atoms with van der Waals surface area (Å²) in [6.07, 6.45) is 7.84. The molecule has 0 spiro atoms. The molecule has 4 aromatic heterocycles. The smallest absolute Gasteiger partial charge is 0.272 e. The first-order valence-electron chi connectivity index (χ1n) is 11.7. The molecule has 6 rings (SSSR count). The molecule has 9 heteroatoms. The molecule has 1 aromatic carbocycles. The number of aryl methyl sites for hydroxylation is 1. The number of hydrogen-bond donors (Lipinski definition) is 1. The van der Waals surface area contributed by atoms with Crippen molar-refractivity contribution >= 4 is 40.6 Å². The average molecular weight is 502 g/mol. The highest BCUT2D eigenvalue weighted by atomic mass is 35.5. The molecule has 0 radical (unpaired) electrons. The van der Waals surface area contributed by atoms with Gasteiger partial charge in [-0.2, -0.15) is 5.10 Å². The van der Waals surface area contributed by atoms with Crippen LogP contribution in [0.15, 0.2) is 67.3 Å². The normalized spacial score (nSPS) is 13.0. The second kappa shape index (κ2) is 9.29. The topological polar surface area (TPSA) is 70.7 Å². The zero-order valence-corrected chi connectivity index (χ0v) is 21.3. The molecular formula is C27H28ClN7O. The van der Waals surface area contributed by atoms with Crippen LogP contribution in [0.1, 0.15) is 21.5 Å². The third kappa shape index (κ3) is 4.08. The standard InChI is InChI=1S/C27H27N7O.ClH/c1-18-7-8-24-22(14-29-33(24)16-18)20-5-4-6-21-23(20)17-34(27(21)35)30-26-13-19-9-10-32(12-11-31(2)3)25(19)15-28-26;/h4-10,13-16H,11-12,17H2,1-3H3,(H,28,30);1H. The fourth-order valence-corrected chi connectivity index (χ4v) is 4.76. The number of hydrazine groups is 1. The monoisotopic (exact) mass is 501 g/mol. The molecular weight excluding hydrogens is 474 g/mol. The minimum Gasteiger partial charge on any atom is -0.345 e. The number of anilines is 1. The Morgan fingerprint density at radius 1 is 1.03 bits per heavy atom. The summed E-state index contributed by atoms with van der Waals surface area (Å²) < 4.78 is 4.09. The van der Waals surface area contributed by atoms with Gasteiger partial charge in [0.05, 0.1) is 30.0 Å². The number of halogens is 1. The summed E-state index contributed by atoms with van der Waals surface area (Å²) in [4.78, 5) is 20.0. The largest absolute Gasteiger partial charge is 0.345 e. The maximum atomic E-state index is 13.3. The molecule has 8 nitrogen and oxygen atoms in total. The molecule has 1 aliphatic heterocycles. The number of hydrogen-bond acceptors (Lipinski definition) is 5. The van der Waals surface area contributed by atoms with E-state index in [-0.39, 0.29) is 18.3 Å². The summed E-state index contributed by atoms with van der Waals surface area (Å²) in [7, 11) is 4.14. The first kappa shape index (κ1) is 23.8. The van der Waals surface area contributed by atoms with Gasteiger partial charge in [0.1, 0.15) is 5.82 Å². The lowest BCUT2D eigenvalue weighted by molar-refractivity contribution is 0.0814. The van der Waals surface area contributed by atoms with E-state index in [1.807, 2.05) is 48.2 Å². The van der Waals surface area contributed by atoms with Crippen LogP contribution >= 0.6 is 12.4 Å². The summed E-state index contributed by atoms with van der Waals surface area (Å²) in [5, 5.41) is 7.26. The molecule has 1 amide bonds. The highest BCUT2D eigenvalue weighted by molar-refractivity contribution is 6.02. The number of carbonyl (C=O) groups is 1. The van der Waals surface area contributed by atoms with Crippen molar-refractivity contribution in [1.82, 2.24) is 29.1 Å². The predicted octanol–water partition coefficient (Wildman–Crippen LogP) is 4.63. The van der Waals surface area contributed by atoms with E-state index >= 15 is 0 Å². The molecule has 0 bridgehead atoms. The van der Waals surface area contributed by atoms with Crippen LogP contribution in [0.25, 0.3) is 27.5 Å². The van der Waals surface area contributed by atoms with Crippen molar-refractivity contribution in [3.8, 4) is 11.1 Å². The lowest BCUT2D eigenvalue weighted by atomic mass is 9.98. The van der Waals surface area contributed by atoms with E-state index < -0.39 is 0 Å². The van der Waals surface area contributed by atoms with Crippen LogP contribution in [0.3, 0.4) is 0 Å². The van der Waals surface area contributed by atoms with Crippen LogP contribution in [0, 0.1) is 6.92 Å². The molecule has 0 saturated carbocycles. The van der Waals surface area contributed by atoms with Crippen molar-refractivity contribution in [2.24, 2.45) is 0 Å². The Morgan fingerprint density at radius 3 is 2.69 bits per heavy atom. The molecule has 1 N–H and O–H groups in total. The Hall–Kier alpha value is -3.88. The number of nitrogens with one attached hydrogen (secondary N) is 1. The van der Waals surface area contributed by atoms with Gasteiger partial charge >= 0.3 is 0 Å². The maximum Gasteiger partial charge on any atom is 0.272 e. The van der Waals surface area contributed by atoms with Gasteiger partial charge in [-0.25, -0.2) is 14.5 Å². The number of carbonyl (C=O) groups excluding carboxylic acids is 1. The van der Waals surface area contributed by atoms with Crippen molar-refractivity contribution < 1.29 is 4.79 Å².